The highest BCUT2D eigenvalue weighted by Crippen LogP contribution is 2.03. The van der Waals surface area contributed by atoms with Crippen LogP contribution in [0.3, 0.4) is 0 Å². The molecule has 3 rings (SSSR count). The van der Waals surface area contributed by atoms with Gasteiger partial charge in [0.25, 0.3) is 5.56 Å². The summed E-state index contributed by atoms with van der Waals surface area (Å²) in [6.45, 7) is 0.463. The molecule has 1 amide bonds. The van der Waals surface area contributed by atoms with Gasteiger partial charge in [-0.15, -0.1) is 5.10 Å². The Balaban J connectivity index is 1.56. The van der Waals surface area contributed by atoms with Gasteiger partial charge in [-0.2, -0.15) is 5.10 Å². The lowest BCUT2D eigenvalue weighted by Gasteiger charge is -2.08. The second-order valence-electron chi connectivity index (χ2n) is 5.25. The van der Waals surface area contributed by atoms with Crippen molar-refractivity contribution in [2.45, 2.75) is 13.0 Å². The lowest BCUT2D eigenvalue weighted by Crippen LogP contribution is -2.33. The molecule has 0 saturated heterocycles. The van der Waals surface area contributed by atoms with Crippen molar-refractivity contribution in [2.24, 2.45) is 0 Å². The zero-order chi connectivity index (χ0) is 17.6. The second-order valence-corrected chi connectivity index (χ2v) is 5.25. The maximum atomic E-state index is 12.8. The number of rotatable bonds is 6. The molecule has 0 atom stereocenters. The Hall–Kier alpha value is -3.36. The van der Waals surface area contributed by atoms with E-state index in [0.29, 0.717) is 11.4 Å². The average molecular weight is 342 g/mol. The van der Waals surface area contributed by atoms with Crippen LogP contribution < -0.4 is 10.9 Å². The van der Waals surface area contributed by atoms with E-state index in [1.807, 2.05) is 0 Å². The fraction of sp³-hybridized carbons (Fsp3) is 0.188. The van der Waals surface area contributed by atoms with E-state index in [1.54, 1.807) is 18.2 Å². The van der Waals surface area contributed by atoms with Gasteiger partial charge in [-0.05, 0) is 23.8 Å². The molecule has 2 heterocycles. The molecule has 128 valence electrons. The van der Waals surface area contributed by atoms with Crippen molar-refractivity contribution >= 4 is 5.91 Å². The van der Waals surface area contributed by atoms with Gasteiger partial charge in [-0.1, -0.05) is 12.1 Å². The molecule has 9 heteroatoms. The Bertz CT molecular complexity index is 905. The smallest absolute Gasteiger partial charge is 0.266 e. The van der Waals surface area contributed by atoms with Crippen LogP contribution in [-0.2, 0) is 17.8 Å². The SMILES string of the molecule is O=C(Cc1ccc(F)cc1)NCCn1nc(-n2cncn2)ccc1=O. The number of hydrogen-bond acceptors (Lipinski definition) is 5. The molecule has 0 radical (unpaired) electrons. The topological polar surface area (TPSA) is 94.7 Å². The molecule has 0 aliphatic heterocycles. The summed E-state index contributed by atoms with van der Waals surface area (Å²) in [6, 6.07) is 8.65. The van der Waals surface area contributed by atoms with Crippen molar-refractivity contribution < 1.29 is 9.18 Å². The third-order valence-electron chi connectivity index (χ3n) is 3.43. The molecule has 8 nitrogen and oxygen atoms in total. The summed E-state index contributed by atoms with van der Waals surface area (Å²) in [4.78, 5) is 27.6. The zero-order valence-corrected chi connectivity index (χ0v) is 13.2. The van der Waals surface area contributed by atoms with Gasteiger partial charge in [-0.3, -0.25) is 9.59 Å². The van der Waals surface area contributed by atoms with Crippen LogP contribution in [0.25, 0.3) is 5.82 Å². The molecular weight excluding hydrogens is 327 g/mol. The number of hydrogen-bond donors (Lipinski definition) is 1. The fourth-order valence-corrected chi connectivity index (χ4v) is 2.20. The molecule has 1 N–H and O–H groups in total. The van der Waals surface area contributed by atoms with Gasteiger partial charge in [0.1, 0.15) is 18.5 Å². The molecule has 0 aliphatic carbocycles. The van der Waals surface area contributed by atoms with E-state index in [4.69, 9.17) is 0 Å². The second kappa shape index (κ2) is 7.47. The standard InChI is InChI=1S/C16H15FN6O2/c17-13-3-1-12(2-4-13)9-15(24)19-7-8-22-16(25)6-5-14(21-22)23-11-18-10-20-23/h1-6,10-11H,7-9H2,(H,19,24). The van der Waals surface area contributed by atoms with Crippen molar-refractivity contribution in [2.75, 3.05) is 6.54 Å². The average Bonchev–Trinajstić information content (AvgIpc) is 3.13. The number of aromatic nitrogens is 5. The molecule has 0 fully saturated rings. The summed E-state index contributed by atoms with van der Waals surface area (Å²) in [7, 11) is 0. The molecule has 2 aromatic heterocycles. The van der Waals surface area contributed by atoms with Gasteiger partial charge in [0.2, 0.25) is 5.91 Å². The van der Waals surface area contributed by atoms with Gasteiger partial charge in [-0.25, -0.2) is 18.7 Å². The predicted octanol–water partition coefficient (Wildman–Crippen LogP) is 0.322. The van der Waals surface area contributed by atoms with Crippen LogP contribution in [0, 0.1) is 5.82 Å². The van der Waals surface area contributed by atoms with Crippen LogP contribution in [0.15, 0.2) is 53.8 Å². The highest BCUT2D eigenvalue weighted by atomic mass is 19.1. The summed E-state index contributed by atoms with van der Waals surface area (Å²) in [5.74, 6) is -0.108. The Morgan fingerprint density at radius 3 is 2.68 bits per heavy atom. The first kappa shape index (κ1) is 16.5. The number of amides is 1. The minimum absolute atomic E-state index is 0.140. The lowest BCUT2D eigenvalue weighted by molar-refractivity contribution is -0.120. The van der Waals surface area contributed by atoms with Crippen molar-refractivity contribution in [3.8, 4) is 5.82 Å². The third kappa shape index (κ3) is 4.34. The summed E-state index contributed by atoms with van der Waals surface area (Å²) >= 11 is 0. The zero-order valence-electron chi connectivity index (χ0n) is 13.2. The molecule has 0 unspecified atom stereocenters. The molecule has 25 heavy (non-hydrogen) atoms. The molecule has 0 bridgehead atoms. The van der Waals surface area contributed by atoms with Crippen LogP contribution in [0.5, 0.6) is 0 Å². The van der Waals surface area contributed by atoms with Crippen LogP contribution >= 0.6 is 0 Å². The van der Waals surface area contributed by atoms with Gasteiger partial charge < -0.3 is 5.32 Å². The molecule has 3 aromatic rings. The van der Waals surface area contributed by atoms with Crippen LogP contribution in [0.1, 0.15) is 5.56 Å². The molecule has 0 saturated carbocycles. The van der Waals surface area contributed by atoms with E-state index in [2.05, 4.69) is 20.5 Å². The van der Waals surface area contributed by atoms with Crippen molar-refractivity contribution in [1.29, 1.82) is 0 Å². The van der Waals surface area contributed by atoms with E-state index in [0.717, 1.165) is 0 Å². The summed E-state index contributed by atoms with van der Waals surface area (Å²) in [5, 5.41) is 10.8. The number of nitrogens with one attached hydrogen (secondary N) is 1. The Kier molecular flexibility index (Phi) is 4.93. The van der Waals surface area contributed by atoms with Crippen LogP contribution in [-0.4, -0.2) is 37.0 Å². The maximum Gasteiger partial charge on any atom is 0.266 e. The summed E-state index contributed by atoms with van der Waals surface area (Å²) in [5.41, 5.74) is 0.430. The van der Waals surface area contributed by atoms with E-state index < -0.39 is 0 Å². The molecule has 1 aromatic carbocycles. The summed E-state index contributed by atoms with van der Waals surface area (Å²) < 4.78 is 15.5. The number of carbonyl (C=O) groups is 1. The van der Waals surface area contributed by atoms with Crippen LogP contribution in [0.2, 0.25) is 0 Å². The van der Waals surface area contributed by atoms with E-state index >= 15 is 0 Å². The molecule has 0 spiro atoms. The predicted molar refractivity (Wildman–Crippen MR) is 86.5 cm³/mol. The number of carbonyl (C=O) groups excluding carboxylic acids is 1. The fourth-order valence-electron chi connectivity index (χ4n) is 2.20. The first-order valence-corrected chi connectivity index (χ1v) is 7.56. The molecule has 0 aliphatic rings. The van der Waals surface area contributed by atoms with E-state index in [1.165, 1.54) is 40.2 Å². The van der Waals surface area contributed by atoms with Crippen molar-refractivity contribution in [1.82, 2.24) is 29.9 Å². The first-order chi connectivity index (χ1) is 12.1. The number of halogens is 1. The van der Waals surface area contributed by atoms with Gasteiger partial charge >= 0.3 is 0 Å². The minimum Gasteiger partial charge on any atom is -0.354 e. The highest BCUT2D eigenvalue weighted by molar-refractivity contribution is 5.78. The van der Waals surface area contributed by atoms with Crippen molar-refractivity contribution in [3.05, 3.63) is 70.8 Å². The monoisotopic (exact) mass is 342 g/mol. The van der Waals surface area contributed by atoms with E-state index in [-0.39, 0.29) is 36.8 Å². The van der Waals surface area contributed by atoms with Gasteiger partial charge in [0.15, 0.2) is 5.82 Å². The first-order valence-electron chi connectivity index (χ1n) is 7.56. The Labute approximate surface area is 141 Å². The van der Waals surface area contributed by atoms with Gasteiger partial charge in [0, 0.05) is 12.6 Å². The summed E-state index contributed by atoms with van der Waals surface area (Å²) in [6.07, 6.45) is 2.98. The van der Waals surface area contributed by atoms with Crippen molar-refractivity contribution in [3.63, 3.8) is 0 Å². The maximum absolute atomic E-state index is 12.8. The largest absolute Gasteiger partial charge is 0.354 e. The number of nitrogens with zero attached hydrogens (tertiary/aromatic N) is 5. The Morgan fingerprint density at radius 2 is 1.96 bits per heavy atom. The number of benzene rings is 1. The Morgan fingerprint density at radius 1 is 1.16 bits per heavy atom. The third-order valence-corrected chi connectivity index (χ3v) is 3.43. The quantitative estimate of drug-likeness (QED) is 0.696. The molecular formula is C16H15FN6O2. The van der Waals surface area contributed by atoms with Gasteiger partial charge in [0.05, 0.1) is 13.0 Å². The van der Waals surface area contributed by atoms with E-state index in [9.17, 15) is 14.0 Å². The normalized spacial score (nSPS) is 10.6. The minimum atomic E-state index is -0.345. The lowest BCUT2D eigenvalue weighted by atomic mass is 10.1. The van der Waals surface area contributed by atoms with Crippen LogP contribution in [0.4, 0.5) is 4.39 Å². The highest BCUT2D eigenvalue weighted by Gasteiger charge is 2.06.